The Kier molecular flexibility index (Phi) is 3.53. The van der Waals surface area contributed by atoms with E-state index in [1.165, 1.54) is 0 Å². The zero-order valence-electron chi connectivity index (χ0n) is 9.24. The van der Waals surface area contributed by atoms with Crippen molar-refractivity contribution in [3.05, 3.63) is 29.3 Å². The number of rotatable bonds is 3. The summed E-state index contributed by atoms with van der Waals surface area (Å²) in [6.07, 6.45) is -0.389. The second-order valence-corrected chi connectivity index (χ2v) is 3.92. The van der Waals surface area contributed by atoms with Crippen molar-refractivity contribution in [3.8, 4) is 5.75 Å². The molecule has 2 nitrogen and oxygen atoms in total. The van der Waals surface area contributed by atoms with Crippen molar-refractivity contribution in [1.82, 2.24) is 0 Å². The van der Waals surface area contributed by atoms with Crippen LogP contribution in [0.4, 0.5) is 0 Å². The number of benzene rings is 1. The van der Waals surface area contributed by atoms with Crippen molar-refractivity contribution in [2.45, 2.75) is 26.9 Å². The highest BCUT2D eigenvalue weighted by molar-refractivity contribution is 5.37. The molecular formula is C12H18O2. The standard InChI is InChI=1S/C12H18O2/c1-8(2)12(13)10-5-6-11(14-4)9(3)7-10/h5-8,12-13H,1-4H3. The average Bonchev–Trinajstić information content (AvgIpc) is 2.16. The smallest absolute Gasteiger partial charge is 0.121 e. The summed E-state index contributed by atoms with van der Waals surface area (Å²) in [5.74, 6) is 1.10. The first kappa shape index (κ1) is 11.1. The van der Waals surface area contributed by atoms with E-state index in [9.17, 15) is 5.11 Å². The molecule has 0 spiro atoms. The third-order valence-corrected chi connectivity index (χ3v) is 2.39. The summed E-state index contributed by atoms with van der Waals surface area (Å²) in [6, 6.07) is 5.79. The van der Waals surface area contributed by atoms with Gasteiger partial charge in [0.2, 0.25) is 0 Å². The molecule has 0 fully saturated rings. The highest BCUT2D eigenvalue weighted by atomic mass is 16.5. The lowest BCUT2D eigenvalue weighted by Gasteiger charge is -2.16. The molecule has 2 heteroatoms. The van der Waals surface area contributed by atoms with E-state index in [1.54, 1.807) is 7.11 Å². The van der Waals surface area contributed by atoms with Gasteiger partial charge in [-0.1, -0.05) is 19.9 Å². The molecule has 1 unspecified atom stereocenters. The van der Waals surface area contributed by atoms with Gasteiger partial charge in [0.1, 0.15) is 5.75 Å². The van der Waals surface area contributed by atoms with Gasteiger partial charge < -0.3 is 9.84 Å². The van der Waals surface area contributed by atoms with Crippen LogP contribution in [0.3, 0.4) is 0 Å². The molecular weight excluding hydrogens is 176 g/mol. The van der Waals surface area contributed by atoms with Gasteiger partial charge in [-0.25, -0.2) is 0 Å². The van der Waals surface area contributed by atoms with Crippen LogP contribution in [0.2, 0.25) is 0 Å². The number of aryl methyl sites for hydroxylation is 1. The normalized spacial score (nSPS) is 13.0. The van der Waals surface area contributed by atoms with E-state index in [0.29, 0.717) is 0 Å². The maximum absolute atomic E-state index is 9.85. The van der Waals surface area contributed by atoms with E-state index in [2.05, 4.69) is 0 Å². The lowest BCUT2D eigenvalue weighted by Crippen LogP contribution is -2.05. The Morgan fingerprint density at radius 1 is 1.29 bits per heavy atom. The maximum Gasteiger partial charge on any atom is 0.121 e. The van der Waals surface area contributed by atoms with Gasteiger partial charge in [-0.2, -0.15) is 0 Å². The third-order valence-electron chi connectivity index (χ3n) is 2.39. The molecule has 0 amide bonds. The molecule has 0 aliphatic carbocycles. The summed E-state index contributed by atoms with van der Waals surface area (Å²) < 4.78 is 5.16. The monoisotopic (exact) mass is 194 g/mol. The highest BCUT2D eigenvalue weighted by Gasteiger charge is 2.12. The first-order chi connectivity index (χ1) is 6.56. The van der Waals surface area contributed by atoms with Crippen LogP contribution in [0.1, 0.15) is 31.1 Å². The molecule has 1 atom stereocenters. The fraction of sp³-hybridized carbons (Fsp3) is 0.500. The van der Waals surface area contributed by atoms with Gasteiger partial charge in [-0.15, -0.1) is 0 Å². The second-order valence-electron chi connectivity index (χ2n) is 3.92. The van der Waals surface area contributed by atoms with Gasteiger partial charge in [0.25, 0.3) is 0 Å². The minimum Gasteiger partial charge on any atom is -0.496 e. The Hall–Kier alpha value is -1.02. The Morgan fingerprint density at radius 2 is 1.93 bits per heavy atom. The van der Waals surface area contributed by atoms with Crippen molar-refractivity contribution in [3.63, 3.8) is 0 Å². The lowest BCUT2D eigenvalue weighted by molar-refractivity contribution is 0.127. The van der Waals surface area contributed by atoms with Gasteiger partial charge >= 0.3 is 0 Å². The molecule has 0 aliphatic heterocycles. The molecule has 0 saturated heterocycles. The molecule has 1 aromatic carbocycles. The van der Waals surface area contributed by atoms with Gasteiger partial charge in [-0.05, 0) is 36.1 Å². The van der Waals surface area contributed by atoms with Crippen LogP contribution >= 0.6 is 0 Å². The highest BCUT2D eigenvalue weighted by Crippen LogP contribution is 2.26. The topological polar surface area (TPSA) is 29.5 Å². The minimum atomic E-state index is -0.389. The summed E-state index contributed by atoms with van der Waals surface area (Å²) in [5.41, 5.74) is 2.02. The summed E-state index contributed by atoms with van der Waals surface area (Å²) in [5, 5.41) is 9.85. The van der Waals surface area contributed by atoms with Crippen molar-refractivity contribution in [2.24, 2.45) is 5.92 Å². The van der Waals surface area contributed by atoms with Gasteiger partial charge in [0, 0.05) is 0 Å². The van der Waals surface area contributed by atoms with Crippen molar-refractivity contribution >= 4 is 0 Å². The number of aliphatic hydroxyl groups excluding tert-OH is 1. The predicted molar refractivity (Wildman–Crippen MR) is 57.5 cm³/mol. The van der Waals surface area contributed by atoms with Crippen LogP contribution in [0.25, 0.3) is 0 Å². The van der Waals surface area contributed by atoms with Crippen molar-refractivity contribution < 1.29 is 9.84 Å². The van der Waals surface area contributed by atoms with Crippen LogP contribution in [0, 0.1) is 12.8 Å². The fourth-order valence-electron chi connectivity index (χ4n) is 1.47. The first-order valence-electron chi connectivity index (χ1n) is 4.89. The molecule has 1 N–H and O–H groups in total. The quantitative estimate of drug-likeness (QED) is 0.801. The third kappa shape index (κ3) is 2.26. The molecule has 0 radical (unpaired) electrons. The van der Waals surface area contributed by atoms with E-state index in [1.807, 2.05) is 39.0 Å². The van der Waals surface area contributed by atoms with E-state index in [4.69, 9.17) is 4.74 Å². The number of ether oxygens (including phenoxy) is 1. The second kappa shape index (κ2) is 4.47. The maximum atomic E-state index is 9.85. The molecule has 0 aromatic heterocycles. The largest absolute Gasteiger partial charge is 0.496 e. The molecule has 1 rings (SSSR count). The zero-order valence-corrected chi connectivity index (χ0v) is 9.24. The summed E-state index contributed by atoms with van der Waals surface area (Å²) in [6.45, 7) is 5.99. The minimum absolute atomic E-state index is 0.239. The van der Waals surface area contributed by atoms with Gasteiger partial charge in [0.15, 0.2) is 0 Å². The van der Waals surface area contributed by atoms with Crippen LogP contribution in [0.5, 0.6) is 5.75 Å². The zero-order chi connectivity index (χ0) is 10.7. The van der Waals surface area contributed by atoms with Crippen LogP contribution in [0.15, 0.2) is 18.2 Å². The van der Waals surface area contributed by atoms with Crippen molar-refractivity contribution in [1.29, 1.82) is 0 Å². The SMILES string of the molecule is COc1ccc(C(O)C(C)C)cc1C. The Labute approximate surface area is 85.5 Å². The molecule has 0 saturated carbocycles. The average molecular weight is 194 g/mol. The fourth-order valence-corrected chi connectivity index (χ4v) is 1.47. The Bertz CT molecular complexity index is 305. The van der Waals surface area contributed by atoms with Gasteiger partial charge in [0.05, 0.1) is 13.2 Å². The molecule has 0 heterocycles. The Morgan fingerprint density at radius 3 is 2.36 bits per heavy atom. The van der Waals surface area contributed by atoms with Crippen LogP contribution in [-0.4, -0.2) is 12.2 Å². The molecule has 78 valence electrons. The van der Waals surface area contributed by atoms with E-state index in [0.717, 1.165) is 16.9 Å². The lowest BCUT2D eigenvalue weighted by atomic mass is 9.97. The van der Waals surface area contributed by atoms with E-state index >= 15 is 0 Å². The summed E-state index contributed by atoms with van der Waals surface area (Å²) in [4.78, 5) is 0. The predicted octanol–water partition coefficient (Wildman–Crippen LogP) is 2.69. The molecule has 14 heavy (non-hydrogen) atoms. The Balaban J connectivity index is 2.96. The number of hydrogen-bond acceptors (Lipinski definition) is 2. The number of aliphatic hydroxyl groups is 1. The molecule has 0 bridgehead atoms. The van der Waals surface area contributed by atoms with E-state index in [-0.39, 0.29) is 12.0 Å². The van der Waals surface area contributed by atoms with Crippen LogP contribution in [-0.2, 0) is 0 Å². The van der Waals surface area contributed by atoms with Crippen LogP contribution < -0.4 is 4.74 Å². The number of methoxy groups -OCH3 is 1. The summed E-state index contributed by atoms with van der Waals surface area (Å²) in [7, 11) is 1.65. The van der Waals surface area contributed by atoms with E-state index < -0.39 is 0 Å². The van der Waals surface area contributed by atoms with Gasteiger partial charge in [-0.3, -0.25) is 0 Å². The molecule has 1 aromatic rings. The first-order valence-corrected chi connectivity index (χ1v) is 4.89. The number of hydrogen-bond donors (Lipinski definition) is 1. The summed E-state index contributed by atoms with van der Waals surface area (Å²) >= 11 is 0. The molecule has 0 aliphatic rings. The van der Waals surface area contributed by atoms with Crippen molar-refractivity contribution in [2.75, 3.05) is 7.11 Å².